The van der Waals surface area contributed by atoms with Crippen molar-refractivity contribution in [2.75, 3.05) is 18.2 Å². The molecule has 1 aliphatic rings. The van der Waals surface area contributed by atoms with Crippen LogP contribution in [0, 0.1) is 11.3 Å². The molecule has 0 spiro atoms. The molecule has 0 bridgehead atoms. The van der Waals surface area contributed by atoms with E-state index in [1.807, 2.05) is 0 Å². The first-order valence-corrected chi connectivity index (χ1v) is 11.1. The topological polar surface area (TPSA) is 96.3 Å². The number of aryl methyl sites for hydroxylation is 1. The van der Waals surface area contributed by atoms with E-state index in [2.05, 4.69) is 11.4 Å². The molecule has 1 aromatic heterocycles. The molecule has 3 rings (SSSR count). The molecule has 0 saturated carbocycles. The van der Waals surface area contributed by atoms with Gasteiger partial charge in [-0.05, 0) is 55.5 Å². The van der Waals surface area contributed by atoms with Crippen LogP contribution in [0.4, 0.5) is 5.00 Å². The average molecular weight is 405 g/mol. The highest BCUT2D eigenvalue weighted by molar-refractivity contribution is 7.91. The zero-order valence-corrected chi connectivity index (χ0v) is 16.6. The molecule has 6 nitrogen and oxygen atoms in total. The molecule has 0 saturated heterocycles. The predicted molar refractivity (Wildman–Crippen MR) is 104 cm³/mol. The van der Waals surface area contributed by atoms with Crippen molar-refractivity contribution in [2.45, 2.75) is 37.0 Å². The highest BCUT2D eigenvalue weighted by Crippen LogP contribution is 2.37. The first-order valence-electron chi connectivity index (χ1n) is 8.66. The van der Waals surface area contributed by atoms with E-state index in [4.69, 9.17) is 4.74 Å². The third-order valence-electron chi connectivity index (χ3n) is 4.55. The molecule has 0 atom stereocenters. The number of hydrogen-bond donors (Lipinski definition) is 1. The van der Waals surface area contributed by atoms with Gasteiger partial charge in [0.05, 0.1) is 23.3 Å². The lowest BCUT2D eigenvalue weighted by Gasteiger charge is -2.09. The highest BCUT2D eigenvalue weighted by Gasteiger charge is 2.22. The summed E-state index contributed by atoms with van der Waals surface area (Å²) in [7, 11) is -2.06. The molecule has 0 unspecified atom stereocenters. The first-order chi connectivity index (χ1) is 12.9. The molecule has 0 radical (unpaired) electrons. The van der Waals surface area contributed by atoms with Gasteiger partial charge in [0, 0.05) is 11.3 Å². The van der Waals surface area contributed by atoms with Gasteiger partial charge in [0.2, 0.25) is 5.91 Å². The summed E-state index contributed by atoms with van der Waals surface area (Å²) in [5, 5.41) is 12.7. The van der Waals surface area contributed by atoms with Crippen molar-refractivity contribution >= 4 is 32.1 Å². The van der Waals surface area contributed by atoms with Crippen LogP contribution in [0.3, 0.4) is 0 Å². The van der Waals surface area contributed by atoms with Crippen LogP contribution in [-0.2, 0) is 27.5 Å². The van der Waals surface area contributed by atoms with Crippen LogP contribution in [0.1, 0.15) is 35.3 Å². The Labute approximate surface area is 162 Å². The number of anilines is 1. The van der Waals surface area contributed by atoms with Gasteiger partial charge in [-0.25, -0.2) is 8.42 Å². The number of fused-ring (bicyclic) bond motifs is 1. The number of nitrogens with zero attached hydrogens (tertiary/aromatic N) is 1. The number of hydrogen-bond acceptors (Lipinski definition) is 6. The van der Waals surface area contributed by atoms with Gasteiger partial charge < -0.3 is 10.1 Å². The standard InChI is InChI=1S/C19H20N2O4S2/c1-25-13-6-8-14(9-7-13)27(23,24)11-10-18(22)21-19-16(12-20)15-4-2-3-5-17(15)26-19/h6-9H,2-5,10-11H2,1H3,(H,21,22). The smallest absolute Gasteiger partial charge is 0.226 e. The van der Waals surface area contributed by atoms with Crippen molar-refractivity contribution in [1.82, 2.24) is 0 Å². The number of methoxy groups -OCH3 is 1. The summed E-state index contributed by atoms with van der Waals surface area (Å²) in [6.07, 6.45) is 3.76. The van der Waals surface area contributed by atoms with Crippen LogP contribution >= 0.6 is 11.3 Å². The largest absolute Gasteiger partial charge is 0.497 e. The SMILES string of the molecule is COc1ccc(S(=O)(=O)CCC(=O)Nc2sc3c(c2C#N)CCCC3)cc1. The minimum Gasteiger partial charge on any atom is -0.497 e. The van der Waals surface area contributed by atoms with E-state index in [9.17, 15) is 18.5 Å². The summed E-state index contributed by atoms with van der Waals surface area (Å²) in [6.45, 7) is 0. The second-order valence-corrected chi connectivity index (χ2v) is 9.53. The number of nitrogens with one attached hydrogen (secondary N) is 1. The normalized spacial score (nSPS) is 13.5. The van der Waals surface area contributed by atoms with E-state index in [0.717, 1.165) is 36.1 Å². The second kappa shape index (κ2) is 8.11. The first kappa shape index (κ1) is 19.4. The molecule has 1 amide bonds. The summed E-state index contributed by atoms with van der Waals surface area (Å²) >= 11 is 1.43. The Morgan fingerprint density at radius 1 is 1.26 bits per heavy atom. The Morgan fingerprint density at radius 3 is 2.63 bits per heavy atom. The average Bonchev–Trinajstić information content (AvgIpc) is 3.03. The zero-order chi connectivity index (χ0) is 19.4. The van der Waals surface area contributed by atoms with Crippen LogP contribution < -0.4 is 10.1 Å². The Balaban J connectivity index is 1.66. The highest BCUT2D eigenvalue weighted by atomic mass is 32.2. The monoisotopic (exact) mass is 404 g/mol. The van der Waals surface area contributed by atoms with Gasteiger partial charge in [0.25, 0.3) is 0 Å². The molecule has 1 aliphatic carbocycles. The third kappa shape index (κ3) is 4.31. The molecule has 1 aromatic carbocycles. The molecule has 1 N–H and O–H groups in total. The summed E-state index contributed by atoms with van der Waals surface area (Å²) < 4.78 is 29.8. The van der Waals surface area contributed by atoms with Gasteiger partial charge in [0.15, 0.2) is 9.84 Å². The maximum Gasteiger partial charge on any atom is 0.226 e. The van der Waals surface area contributed by atoms with Crippen molar-refractivity contribution in [3.8, 4) is 11.8 Å². The molecule has 142 valence electrons. The van der Waals surface area contributed by atoms with E-state index in [1.54, 1.807) is 12.1 Å². The molecular formula is C19H20N2O4S2. The minimum absolute atomic E-state index is 0.153. The number of amides is 1. The number of benzene rings is 1. The number of ether oxygens (including phenoxy) is 1. The van der Waals surface area contributed by atoms with Crippen LogP contribution in [0.15, 0.2) is 29.2 Å². The maximum atomic E-state index is 12.4. The molecule has 0 aliphatic heterocycles. The Kier molecular flexibility index (Phi) is 5.82. The number of thiophene rings is 1. The fraction of sp³-hybridized carbons (Fsp3) is 0.368. The lowest BCUT2D eigenvalue weighted by Crippen LogP contribution is -2.17. The second-order valence-electron chi connectivity index (χ2n) is 6.32. The van der Waals surface area contributed by atoms with Gasteiger partial charge in [-0.1, -0.05) is 0 Å². The van der Waals surface area contributed by atoms with Crippen LogP contribution in [0.25, 0.3) is 0 Å². The quantitative estimate of drug-likeness (QED) is 0.797. The number of carbonyl (C=O) groups is 1. The predicted octanol–water partition coefficient (Wildman–Crippen LogP) is 3.31. The Hall–Kier alpha value is -2.37. The summed E-state index contributed by atoms with van der Waals surface area (Å²) in [5.41, 5.74) is 1.57. The van der Waals surface area contributed by atoms with E-state index < -0.39 is 15.7 Å². The minimum atomic E-state index is -3.57. The molecule has 0 fully saturated rings. The van der Waals surface area contributed by atoms with Crippen molar-refractivity contribution in [3.05, 3.63) is 40.3 Å². The van der Waals surface area contributed by atoms with Crippen molar-refractivity contribution < 1.29 is 17.9 Å². The van der Waals surface area contributed by atoms with E-state index in [1.165, 1.54) is 30.6 Å². The number of nitriles is 1. The fourth-order valence-electron chi connectivity index (χ4n) is 3.09. The lowest BCUT2D eigenvalue weighted by atomic mass is 9.96. The summed E-state index contributed by atoms with van der Waals surface area (Å²) in [6, 6.07) is 8.26. The van der Waals surface area contributed by atoms with Gasteiger partial charge in [0.1, 0.15) is 16.8 Å². The summed E-state index contributed by atoms with van der Waals surface area (Å²) in [5.74, 6) is -0.127. The van der Waals surface area contributed by atoms with Gasteiger partial charge >= 0.3 is 0 Å². The molecule has 8 heteroatoms. The summed E-state index contributed by atoms with van der Waals surface area (Å²) in [4.78, 5) is 13.6. The Bertz CT molecular complexity index is 986. The number of carbonyl (C=O) groups excluding carboxylic acids is 1. The third-order valence-corrected chi connectivity index (χ3v) is 7.49. The van der Waals surface area contributed by atoms with Gasteiger partial charge in [-0.15, -0.1) is 11.3 Å². The van der Waals surface area contributed by atoms with Gasteiger partial charge in [-0.2, -0.15) is 5.26 Å². The van der Waals surface area contributed by atoms with Crippen molar-refractivity contribution in [3.63, 3.8) is 0 Å². The van der Waals surface area contributed by atoms with E-state index in [-0.39, 0.29) is 17.1 Å². The van der Waals surface area contributed by atoms with Gasteiger partial charge in [-0.3, -0.25) is 4.79 Å². The molecule has 1 heterocycles. The maximum absolute atomic E-state index is 12.4. The van der Waals surface area contributed by atoms with E-state index in [0.29, 0.717) is 16.3 Å². The van der Waals surface area contributed by atoms with Crippen molar-refractivity contribution in [2.24, 2.45) is 0 Å². The molecule has 2 aromatic rings. The fourth-order valence-corrected chi connectivity index (χ4v) is 5.59. The lowest BCUT2D eigenvalue weighted by molar-refractivity contribution is -0.115. The Morgan fingerprint density at radius 2 is 1.96 bits per heavy atom. The number of rotatable bonds is 6. The zero-order valence-electron chi connectivity index (χ0n) is 14.9. The van der Waals surface area contributed by atoms with Crippen molar-refractivity contribution in [1.29, 1.82) is 5.26 Å². The molecule has 27 heavy (non-hydrogen) atoms. The number of sulfone groups is 1. The van der Waals surface area contributed by atoms with Crippen LogP contribution in [0.2, 0.25) is 0 Å². The van der Waals surface area contributed by atoms with Crippen LogP contribution in [0.5, 0.6) is 5.75 Å². The molecular weight excluding hydrogens is 384 g/mol. The van der Waals surface area contributed by atoms with Crippen LogP contribution in [-0.4, -0.2) is 27.2 Å². The van der Waals surface area contributed by atoms with E-state index >= 15 is 0 Å².